The van der Waals surface area contributed by atoms with Gasteiger partial charge in [0.25, 0.3) is 5.88 Å². The van der Waals surface area contributed by atoms with Gasteiger partial charge in [-0.2, -0.15) is 0 Å². The highest BCUT2D eigenvalue weighted by molar-refractivity contribution is 7.13. The predicted octanol–water partition coefficient (Wildman–Crippen LogP) is 7.01. The highest BCUT2D eigenvalue weighted by atomic mass is 35.5. The number of nitrogens with one attached hydrogen (secondary N) is 1. The molecule has 0 aliphatic carbocycles. The lowest BCUT2D eigenvalue weighted by atomic mass is 9.91. The molecule has 8 heterocycles. The van der Waals surface area contributed by atoms with E-state index in [4.69, 9.17) is 31.3 Å². The number of likely N-dealkylation sites (tertiary alicyclic amines) is 1. The van der Waals surface area contributed by atoms with Gasteiger partial charge in [-0.3, -0.25) is 19.4 Å². The van der Waals surface area contributed by atoms with E-state index in [1.165, 1.54) is 4.90 Å². The molecule has 20 heteroatoms. The van der Waals surface area contributed by atoms with Crippen molar-refractivity contribution >= 4 is 51.9 Å². The SMILES string of the molecule is Cc1ccccc1-c1cc(N2CC3CCC(C2)N3c2ccnc(OCCN3CCN(CCOc4noc(C(C(=O)N5C[C@H](O)CC5C(=O)N[C@@H](C)c5ccc(-c6scnc6C)cc5)C(C)C)c4Cl)CC3)c2)c(N)nn1. The Morgan fingerprint density at radius 1 is 0.907 bits per heavy atom. The average molecular weight is 1060 g/mol. The summed E-state index contributed by atoms with van der Waals surface area (Å²) in [6.45, 7) is 17.2. The molecule has 4 fully saturated rings. The van der Waals surface area contributed by atoms with E-state index in [0.29, 0.717) is 43.5 Å². The number of aryl methyl sites for hydroxylation is 2. The Balaban J connectivity index is 0.666. The molecule has 2 amide bonds. The zero-order valence-corrected chi connectivity index (χ0v) is 44.8. The number of ether oxygens (including phenoxy) is 2. The maximum Gasteiger partial charge on any atom is 0.273 e. The molecule has 0 spiro atoms. The van der Waals surface area contributed by atoms with Crippen molar-refractivity contribution < 1.29 is 28.7 Å². The number of halogens is 1. The molecule has 4 unspecified atom stereocenters. The van der Waals surface area contributed by atoms with Crippen LogP contribution in [0.3, 0.4) is 0 Å². The summed E-state index contributed by atoms with van der Waals surface area (Å²) in [4.78, 5) is 49.2. The maximum absolute atomic E-state index is 14.3. The monoisotopic (exact) mass is 1060 g/mol. The van der Waals surface area contributed by atoms with Crippen LogP contribution in [0.15, 0.2) is 83.0 Å². The smallest absolute Gasteiger partial charge is 0.273 e. The molecule has 75 heavy (non-hydrogen) atoms. The van der Waals surface area contributed by atoms with E-state index >= 15 is 0 Å². The lowest BCUT2D eigenvalue weighted by Gasteiger charge is -2.43. The molecule has 4 aliphatic heterocycles. The van der Waals surface area contributed by atoms with Crippen molar-refractivity contribution in [3.05, 3.63) is 106 Å². The van der Waals surface area contributed by atoms with Gasteiger partial charge < -0.3 is 44.9 Å². The van der Waals surface area contributed by atoms with Crippen LogP contribution in [0.5, 0.6) is 11.8 Å². The summed E-state index contributed by atoms with van der Waals surface area (Å²) in [6.07, 6.45) is 3.30. The van der Waals surface area contributed by atoms with Gasteiger partial charge in [0.1, 0.15) is 30.2 Å². The molecular formula is C55H67ClN12O6S. The molecule has 4 aromatic heterocycles. The van der Waals surface area contributed by atoms with Gasteiger partial charge in [0, 0.05) is 101 Å². The maximum atomic E-state index is 14.3. The fourth-order valence-electron chi connectivity index (χ4n) is 11.2. The summed E-state index contributed by atoms with van der Waals surface area (Å²) in [5, 5.41) is 26.9. The van der Waals surface area contributed by atoms with Crippen molar-refractivity contribution in [1.29, 1.82) is 0 Å². The van der Waals surface area contributed by atoms with Crippen LogP contribution in [-0.2, 0) is 9.59 Å². The number of carbonyl (C=O) groups is 2. The van der Waals surface area contributed by atoms with Crippen LogP contribution in [0.1, 0.15) is 74.6 Å². The van der Waals surface area contributed by atoms with E-state index in [2.05, 4.69) is 87.5 Å². The Hall–Kier alpha value is -6.38. The number of rotatable bonds is 18. The van der Waals surface area contributed by atoms with Crippen LogP contribution >= 0.6 is 22.9 Å². The van der Waals surface area contributed by atoms with E-state index in [9.17, 15) is 14.7 Å². The molecule has 4 aliphatic rings. The second-order valence-corrected chi connectivity index (χ2v) is 21.9. The summed E-state index contributed by atoms with van der Waals surface area (Å²) < 4.78 is 18.0. The fraction of sp³-hybridized carbons (Fsp3) is 0.473. The molecule has 4 saturated heterocycles. The number of aromatic nitrogens is 5. The minimum Gasteiger partial charge on any atom is -0.476 e. The first-order valence-corrected chi connectivity index (χ1v) is 27.4. The number of carbonyl (C=O) groups excluding carboxylic acids is 2. The Labute approximate surface area is 447 Å². The van der Waals surface area contributed by atoms with Crippen LogP contribution < -0.4 is 30.3 Å². The quantitative estimate of drug-likeness (QED) is 0.0792. The molecule has 0 saturated carbocycles. The van der Waals surface area contributed by atoms with E-state index in [1.54, 1.807) is 11.3 Å². The van der Waals surface area contributed by atoms with Gasteiger partial charge in [-0.25, -0.2) is 9.97 Å². The molecule has 2 bridgehead atoms. The van der Waals surface area contributed by atoms with Gasteiger partial charge in [0.2, 0.25) is 17.7 Å². The molecule has 6 aromatic rings. The average Bonchev–Trinajstić information content (AvgIpc) is 4.18. The number of aliphatic hydroxyl groups excluding tert-OH is 1. The van der Waals surface area contributed by atoms with Crippen molar-refractivity contribution in [3.8, 4) is 33.5 Å². The van der Waals surface area contributed by atoms with Gasteiger partial charge in [-0.05, 0) is 73.5 Å². The highest BCUT2D eigenvalue weighted by Gasteiger charge is 2.45. The number of hydrogen-bond acceptors (Lipinski definition) is 17. The zero-order chi connectivity index (χ0) is 52.3. The number of nitrogens with two attached hydrogens (primary N) is 1. The van der Waals surface area contributed by atoms with Crippen LogP contribution in [0, 0.1) is 19.8 Å². The zero-order valence-electron chi connectivity index (χ0n) is 43.3. The number of nitrogens with zero attached hydrogens (tertiary/aromatic N) is 10. The molecule has 6 atom stereocenters. The van der Waals surface area contributed by atoms with Crippen LogP contribution in [0.4, 0.5) is 17.2 Å². The Morgan fingerprint density at radius 2 is 1.61 bits per heavy atom. The molecule has 4 N–H and O–H groups in total. The van der Waals surface area contributed by atoms with Gasteiger partial charge in [0.15, 0.2) is 11.6 Å². The number of nitrogen functional groups attached to an aromatic ring is 1. The van der Waals surface area contributed by atoms with E-state index in [-0.39, 0.29) is 53.4 Å². The van der Waals surface area contributed by atoms with Crippen LogP contribution in [-0.4, -0.2) is 153 Å². The summed E-state index contributed by atoms with van der Waals surface area (Å²) in [6, 6.07) is 21.9. The number of thiazole rings is 1. The number of amides is 2. The molecule has 18 nitrogen and oxygen atoms in total. The predicted molar refractivity (Wildman–Crippen MR) is 290 cm³/mol. The number of β-amino-alcohol motifs (C(OH)–C–C–N with tert-alkyl or cyclic N) is 1. The summed E-state index contributed by atoms with van der Waals surface area (Å²) in [5.41, 5.74) is 16.3. The normalized spacial score (nSPS) is 20.9. The number of piperazine rings is 2. The largest absolute Gasteiger partial charge is 0.476 e. The van der Waals surface area contributed by atoms with Gasteiger partial charge in [0.05, 0.1) is 39.6 Å². The van der Waals surface area contributed by atoms with Crippen molar-refractivity contribution in [1.82, 2.24) is 45.3 Å². The first kappa shape index (κ1) is 52.1. The second-order valence-electron chi connectivity index (χ2n) is 20.6. The highest BCUT2D eigenvalue weighted by Crippen LogP contribution is 2.41. The number of fused-ring (bicyclic) bond motifs is 2. The Morgan fingerprint density at radius 3 is 2.29 bits per heavy atom. The van der Waals surface area contributed by atoms with Crippen molar-refractivity contribution in [2.75, 3.05) is 87.7 Å². The molecular weight excluding hydrogens is 992 g/mol. The molecule has 10 rings (SSSR count). The third-order valence-electron chi connectivity index (χ3n) is 15.3. The number of anilines is 3. The third-order valence-corrected chi connectivity index (χ3v) is 16.6. The topological polar surface area (TPSA) is 205 Å². The van der Waals surface area contributed by atoms with Crippen molar-refractivity contribution in [2.45, 2.75) is 90.1 Å². The lowest BCUT2D eigenvalue weighted by Crippen LogP contribution is -2.54. The Bertz CT molecular complexity index is 2930. The number of pyridine rings is 1. The van der Waals surface area contributed by atoms with Gasteiger partial charge in [-0.15, -0.1) is 21.5 Å². The summed E-state index contributed by atoms with van der Waals surface area (Å²) in [5.74, 6) is -0.443. The number of aliphatic hydroxyl groups is 1. The standard InChI is InChI=1S/C55H67ClN12O6S/c1-33(2)48(55(71)67-31-42(69)27-46(67)53(70)60-35(4)37-10-12-38(13-11-37)51-36(5)59-32-75-51)50-49(56)54(63-74-50)73-25-23-65-20-18-64(19-21-65)22-24-72-47-26-39(16-17-58-47)68-40-14-15-41(68)30-66(29-40)45-28-44(61-62-52(45)57)43-9-7-6-8-34(43)3/h6-13,16-17,26,28,32-33,35,40-42,46,48,69H,14-15,18-25,27,29-31H2,1-5H3,(H2,57,62)(H,60,70)/t35-,40?,41?,42+,46?,48?/m0/s1. The van der Waals surface area contributed by atoms with Crippen molar-refractivity contribution in [2.24, 2.45) is 5.92 Å². The summed E-state index contributed by atoms with van der Waals surface area (Å²) >= 11 is 8.44. The number of hydrogen-bond donors (Lipinski definition) is 3. The van der Waals surface area contributed by atoms with E-state index < -0.39 is 18.1 Å². The van der Waals surface area contributed by atoms with Gasteiger partial charge >= 0.3 is 0 Å². The minimum atomic E-state index is -0.873. The molecule has 2 aromatic carbocycles. The van der Waals surface area contributed by atoms with E-state index in [0.717, 1.165) is 109 Å². The lowest BCUT2D eigenvalue weighted by molar-refractivity contribution is -0.141. The van der Waals surface area contributed by atoms with Gasteiger partial charge in [-0.1, -0.05) is 74.0 Å². The third kappa shape index (κ3) is 11.4. The fourth-order valence-corrected chi connectivity index (χ4v) is 12.3. The minimum absolute atomic E-state index is 0.0123. The number of benzene rings is 2. The summed E-state index contributed by atoms with van der Waals surface area (Å²) in [7, 11) is 0. The first-order valence-electron chi connectivity index (χ1n) is 26.1. The first-order chi connectivity index (χ1) is 36.3. The van der Waals surface area contributed by atoms with E-state index in [1.807, 2.05) is 75.8 Å². The second kappa shape index (κ2) is 22.8. The van der Waals surface area contributed by atoms with Crippen molar-refractivity contribution in [3.63, 3.8) is 0 Å². The molecule has 396 valence electrons. The van der Waals surface area contributed by atoms with Crippen LogP contribution in [0.25, 0.3) is 21.7 Å². The van der Waals surface area contributed by atoms with Crippen LogP contribution in [0.2, 0.25) is 5.02 Å². The molecule has 0 radical (unpaired) electrons. The Kier molecular flexibility index (Phi) is 15.9.